The van der Waals surface area contributed by atoms with Crippen LogP contribution in [0.2, 0.25) is 0 Å². The molecule has 2 aliphatic heterocycles. The van der Waals surface area contributed by atoms with Crippen LogP contribution in [-0.4, -0.2) is 55.1 Å². The molecule has 7 nitrogen and oxygen atoms in total. The molecule has 0 spiro atoms. The lowest BCUT2D eigenvalue weighted by Crippen LogP contribution is -2.45. The van der Waals surface area contributed by atoms with Gasteiger partial charge in [0, 0.05) is 30.9 Å². The summed E-state index contributed by atoms with van der Waals surface area (Å²) >= 11 is 0. The van der Waals surface area contributed by atoms with Gasteiger partial charge in [-0.2, -0.15) is 9.29 Å². The van der Waals surface area contributed by atoms with Crippen LogP contribution in [0.3, 0.4) is 0 Å². The minimum absolute atomic E-state index is 0.0122. The largest absolute Gasteiger partial charge is 0.473 e. The summed E-state index contributed by atoms with van der Waals surface area (Å²) in [4.78, 5) is 9.47. The van der Waals surface area contributed by atoms with Crippen LogP contribution in [0.25, 0.3) is 0 Å². The number of sulfonamides is 1. The van der Waals surface area contributed by atoms with Crippen molar-refractivity contribution >= 4 is 10.0 Å². The summed E-state index contributed by atoms with van der Waals surface area (Å²) < 4.78 is 39.6. The molecular formula is C23H31N3O4S. The van der Waals surface area contributed by atoms with Crippen molar-refractivity contribution in [2.45, 2.75) is 57.3 Å². The highest BCUT2D eigenvalue weighted by Crippen LogP contribution is 2.28. The number of nitrogens with zero attached hydrogens (tertiary/aromatic N) is 3. The van der Waals surface area contributed by atoms with E-state index in [1.165, 1.54) is 0 Å². The fourth-order valence-corrected chi connectivity index (χ4v) is 5.67. The summed E-state index contributed by atoms with van der Waals surface area (Å²) in [5.74, 6) is 1.57. The van der Waals surface area contributed by atoms with E-state index in [0.29, 0.717) is 38.6 Å². The molecule has 1 aromatic carbocycles. The fraction of sp³-hybridized carbons (Fsp3) is 0.565. The lowest BCUT2D eigenvalue weighted by molar-refractivity contribution is 0.121. The number of hydrogen-bond donors (Lipinski definition) is 0. The van der Waals surface area contributed by atoms with Crippen molar-refractivity contribution in [3.63, 3.8) is 0 Å². The Morgan fingerprint density at radius 3 is 2.71 bits per heavy atom. The molecule has 0 aliphatic carbocycles. The van der Waals surface area contributed by atoms with Gasteiger partial charge in [0.2, 0.25) is 15.9 Å². The lowest BCUT2D eigenvalue weighted by Gasteiger charge is -2.32. The van der Waals surface area contributed by atoms with Gasteiger partial charge in [-0.3, -0.25) is 0 Å². The Labute approximate surface area is 184 Å². The summed E-state index contributed by atoms with van der Waals surface area (Å²) in [6.07, 6.45) is 2.82. The minimum atomic E-state index is -3.41. The van der Waals surface area contributed by atoms with E-state index < -0.39 is 10.0 Å². The Hall–Kier alpha value is -2.03. The van der Waals surface area contributed by atoms with Gasteiger partial charge < -0.3 is 9.47 Å². The lowest BCUT2D eigenvalue weighted by atomic mass is 10.1. The van der Waals surface area contributed by atoms with E-state index in [-0.39, 0.29) is 17.8 Å². The molecule has 0 saturated carbocycles. The smallest absolute Gasteiger partial charge is 0.220 e. The van der Waals surface area contributed by atoms with Crippen LogP contribution >= 0.6 is 0 Å². The highest BCUT2D eigenvalue weighted by atomic mass is 32.2. The Bertz CT molecular complexity index is 995. The number of benzene rings is 1. The molecule has 8 heteroatoms. The average molecular weight is 446 g/mol. The highest BCUT2D eigenvalue weighted by Gasteiger charge is 2.31. The van der Waals surface area contributed by atoms with Crippen molar-refractivity contribution in [3.8, 4) is 5.88 Å². The van der Waals surface area contributed by atoms with Gasteiger partial charge in [-0.1, -0.05) is 44.2 Å². The monoisotopic (exact) mass is 445 g/mol. The summed E-state index contributed by atoms with van der Waals surface area (Å²) in [5.41, 5.74) is 2.80. The zero-order valence-electron chi connectivity index (χ0n) is 18.3. The van der Waals surface area contributed by atoms with Crippen LogP contribution in [0.1, 0.15) is 55.3 Å². The van der Waals surface area contributed by atoms with E-state index in [0.717, 1.165) is 41.9 Å². The van der Waals surface area contributed by atoms with E-state index in [9.17, 15) is 8.42 Å². The number of piperidine rings is 1. The van der Waals surface area contributed by atoms with Crippen molar-refractivity contribution in [1.29, 1.82) is 0 Å². The molecule has 0 amide bonds. The molecule has 168 valence electrons. The van der Waals surface area contributed by atoms with Crippen molar-refractivity contribution < 1.29 is 17.9 Å². The molecule has 0 N–H and O–H groups in total. The number of ether oxygens (including phenoxy) is 2. The zero-order valence-corrected chi connectivity index (χ0v) is 19.1. The molecule has 2 aliphatic rings. The van der Waals surface area contributed by atoms with Gasteiger partial charge in [-0.15, -0.1) is 0 Å². The first-order chi connectivity index (χ1) is 14.9. The highest BCUT2D eigenvalue weighted by molar-refractivity contribution is 7.88. The number of rotatable bonds is 6. The molecule has 0 radical (unpaired) electrons. The molecule has 0 bridgehead atoms. The van der Waals surface area contributed by atoms with Crippen molar-refractivity contribution in [2.75, 3.05) is 26.3 Å². The second-order valence-electron chi connectivity index (χ2n) is 8.56. The molecule has 4 rings (SSSR count). The normalized spacial score (nSPS) is 20.3. The van der Waals surface area contributed by atoms with Crippen molar-refractivity contribution in [3.05, 3.63) is 53.0 Å². The van der Waals surface area contributed by atoms with E-state index in [1.54, 1.807) is 4.31 Å². The standard InChI is InChI=1S/C23H31N3O4S/c1-17(2)22-24-21-11-14-29-13-10-20(21)23(25-22)30-19-9-6-12-26(15-19)31(27,28)16-18-7-4-3-5-8-18/h3-5,7-8,17,19H,6,9-16H2,1-2H3. The quantitative estimate of drug-likeness (QED) is 0.680. The third-order valence-electron chi connectivity index (χ3n) is 5.77. The van der Waals surface area contributed by atoms with E-state index in [1.807, 2.05) is 30.3 Å². The molecule has 2 aromatic rings. The molecule has 1 unspecified atom stereocenters. The molecule has 1 fully saturated rings. The molecular weight excluding hydrogens is 414 g/mol. The van der Waals surface area contributed by atoms with Gasteiger partial charge in [0.1, 0.15) is 11.9 Å². The maximum Gasteiger partial charge on any atom is 0.220 e. The van der Waals surface area contributed by atoms with Crippen LogP contribution in [0.4, 0.5) is 0 Å². The molecule has 1 atom stereocenters. The van der Waals surface area contributed by atoms with E-state index in [4.69, 9.17) is 19.4 Å². The molecule has 1 saturated heterocycles. The topological polar surface area (TPSA) is 81.6 Å². The number of hydrogen-bond acceptors (Lipinski definition) is 6. The molecule has 3 heterocycles. The predicted molar refractivity (Wildman–Crippen MR) is 119 cm³/mol. The second kappa shape index (κ2) is 9.63. The first-order valence-corrected chi connectivity index (χ1v) is 12.7. The van der Waals surface area contributed by atoms with Gasteiger partial charge >= 0.3 is 0 Å². The zero-order chi connectivity index (χ0) is 21.8. The minimum Gasteiger partial charge on any atom is -0.473 e. The third-order valence-corrected chi connectivity index (χ3v) is 7.59. The van der Waals surface area contributed by atoms with E-state index >= 15 is 0 Å². The Morgan fingerprint density at radius 2 is 1.94 bits per heavy atom. The Kier molecular flexibility index (Phi) is 6.89. The molecule has 31 heavy (non-hydrogen) atoms. The second-order valence-corrected chi connectivity index (χ2v) is 10.5. The van der Waals surface area contributed by atoms with Crippen LogP contribution in [-0.2, 0) is 33.4 Å². The van der Waals surface area contributed by atoms with Gasteiger partial charge in [0.25, 0.3) is 0 Å². The van der Waals surface area contributed by atoms with Crippen LogP contribution < -0.4 is 4.74 Å². The maximum absolute atomic E-state index is 13.0. The van der Waals surface area contributed by atoms with Crippen LogP contribution in [0.15, 0.2) is 30.3 Å². The maximum atomic E-state index is 13.0. The summed E-state index contributed by atoms with van der Waals surface area (Å²) in [5, 5.41) is 0. The van der Waals surface area contributed by atoms with Gasteiger partial charge in [-0.25, -0.2) is 13.4 Å². The SMILES string of the molecule is CC(C)c1nc2c(c(OC3CCCN(S(=O)(=O)Cc4ccccc4)C3)n1)CCOCC2. The Morgan fingerprint density at radius 1 is 1.16 bits per heavy atom. The van der Waals surface area contributed by atoms with E-state index in [2.05, 4.69) is 13.8 Å². The van der Waals surface area contributed by atoms with Crippen molar-refractivity contribution in [2.24, 2.45) is 0 Å². The average Bonchev–Trinajstić information content (AvgIpc) is 3.00. The van der Waals surface area contributed by atoms with Gasteiger partial charge in [0.05, 0.1) is 31.2 Å². The number of aromatic nitrogens is 2. The third kappa shape index (κ3) is 5.42. The fourth-order valence-electron chi connectivity index (χ4n) is 4.07. The molecule has 1 aromatic heterocycles. The van der Waals surface area contributed by atoms with Gasteiger partial charge in [-0.05, 0) is 18.4 Å². The first kappa shape index (κ1) is 22.2. The summed E-state index contributed by atoms with van der Waals surface area (Å²) in [6.45, 7) is 6.28. The van der Waals surface area contributed by atoms with Crippen molar-refractivity contribution in [1.82, 2.24) is 14.3 Å². The van der Waals surface area contributed by atoms with Crippen LogP contribution in [0, 0.1) is 0 Å². The summed E-state index contributed by atoms with van der Waals surface area (Å²) in [6, 6.07) is 9.32. The number of fused-ring (bicyclic) bond motifs is 1. The first-order valence-electron chi connectivity index (χ1n) is 11.1. The Balaban J connectivity index is 1.52. The van der Waals surface area contributed by atoms with Gasteiger partial charge in [0.15, 0.2) is 0 Å². The summed E-state index contributed by atoms with van der Waals surface area (Å²) in [7, 11) is -3.41. The van der Waals surface area contributed by atoms with Crippen LogP contribution in [0.5, 0.6) is 5.88 Å². The predicted octanol–water partition coefficient (Wildman–Crippen LogP) is 3.09.